The van der Waals surface area contributed by atoms with Crippen molar-refractivity contribution >= 4 is 23.4 Å². The highest BCUT2D eigenvalue weighted by Gasteiger charge is 2.72. The van der Waals surface area contributed by atoms with Crippen LogP contribution < -0.4 is 0 Å². The average Bonchev–Trinajstić information content (AvgIpc) is 2.79. The second kappa shape index (κ2) is 3.51. The van der Waals surface area contributed by atoms with E-state index in [9.17, 15) is 9.59 Å². The summed E-state index contributed by atoms with van der Waals surface area (Å²) in [4.78, 5) is 25.4. The van der Waals surface area contributed by atoms with Crippen molar-refractivity contribution in [3.63, 3.8) is 0 Å². The van der Waals surface area contributed by atoms with Crippen LogP contribution in [0.25, 0.3) is 0 Å². The largest absolute Gasteiger partial charge is 0.276 e. The van der Waals surface area contributed by atoms with Crippen molar-refractivity contribution in [2.45, 2.75) is 20.4 Å². The van der Waals surface area contributed by atoms with E-state index in [1.165, 1.54) is 4.90 Å². The molecular weight excluding hydrogens is 254 g/mol. The van der Waals surface area contributed by atoms with E-state index in [0.717, 1.165) is 0 Å². The molecule has 0 radical (unpaired) electrons. The molecular formula is C12H12ClN3O2. The molecule has 2 heterocycles. The lowest BCUT2D eigenvalue weighted by atomic mass is 10.1. The van der Waals surface area contributed by atoms with Crippen LogP contribution in [-0.4, -0.2) is 26.9 Å². The van der Waals surface area contributed by atoms with Crippen molar-refractivity contribution in [2.24, 2.45) is 17.3 Å². The van der Waals surface area contributed by atoms with Gasteiger partial charge in [-0.25, -0.2) is 0 Å². The van der Waals surface area contributed by atoms with Crippen molar-refractivity contribution in [1.29, 1.82) is 0 Å². The number of carbonyl (C=O) groups excluding carboxylic acids is 2. The van der Waals surface area contributed by atoms with Gasteiger partial charge in [-0.15, -0.1) is 5.10 Å². The van der Waals surface area contributed by atoms with Gasteiger partial charge in [0.2, 0.25) is 11.8 Å². The minimum Gasteiger partial charge on any atom is -0.276 e. The number of piperidine rings is 1. The molecule has 2 amide bonds. The fourth-order valence-electron chi connectivity index (χ4n) is 2.75. The zero-order valence-corrected chi connectivity index (χ0v) is 10.8. The standard InChI is InChI=1S/C12H12ClN3O2/c1-12(2)8-9(12)11(18)16(10(8)17)5-6-3-4-7(13)15-14-6/h3-4,8-9H,5H2,1-2H3. The first-order chi connectivity index (χ1) is 8.43. The molecule has 3 rings (SSSR count). The summed E-state index contributed by atoms with van der Waals surface area (Å²) in [5.41, 5.74) is 0.399. The maximum atomic E-state index is 12.1. The smallest absolute Gasteiger partial charge is 0.234 e. The summed E-state index contributed by atoms with van der Waals surface area (Å²) < 4.78 is 0. The lowest BCUT2D eigenvalue weighted by Crippen LogP contribution is -2.35. The van der Waals surface area contributed by atoms with Gasteiger partial charge >= 0.3 is 0 Å². The highest BCUT2D eigenvalue weighted by atomic mass is 35.5. The van der Waals surface area contributed by atoms with Gasteiger partial charge in [-0.2, -0.15) is 5.10 Å². The number of hydrogen-bond donors (Lipinski definition) is 0. The van der Waals surface area contributed by atoms with Crippen molar-refractivity contribution in [1.82, 2.24) is 15.1 Å². The van der Waals surface area contributed by atoms with Crippen molar-refractivity contribution in [3.8, 4) is 0 Å². The third-order valence-corrected chi connectivity index (χ3v) is 4.10. The molecule has 1 aliphatic heterocycles. The SMILES string of the molecule is CC1(C)C2C(=O)N(Cc3ccc(Cl)nn3)C(=O)C21. The minimum absolute atomic E-state index is 0.0910. The fourth-order valence-corrected chi connectivity index (χ4v) is 2.85. The number of aromatic nitrogens is 2. The summed E-state index contributed by atoms with van der Waals surface area (Å²) >= 11 is 5.63. The Kier molecular flexibility index (Phi) is 2.26. The van der Waals surface area contributed by atoms with E-state index in [1.807, 2.05) is 13.8 Å². The molecule has 0 N–H and O–H groups in total. The van der Waals surface area contributed by atoms with Gasteiger partial charge in [0.1, 0.15) is 0 Å². The molecule has 6 heteroatoms. The van der Waals surface area contributed by atoms with Crippen molar-refractivity contribution < 1.29 is 9.59 Å². The molecule has 0 spiro atoms. The van der Waals surface area contributed by atoms with Crippen LogP contribution in [0, 0.1) is 17.3 Å². The molecule has 5 nitrogen and oxygen atoms in total. The van der Waals surface area contributed by atoms with E-state index >= 15 is 0 Å². The monoisotopic (exact) mass is 265 g/mol. The summed E-state index contributed by atoms with van der Waals surface area (Å²) in [6, 6.07) is 3.27. The third kappa shape index (κ3) is 1.47. The number of imide groups is 1. The van der Waals surface area contributed by atoms with Crippen LogP contribution in [0.15, 0.2) is 12.1 Å². The first kappa shape index (κ1) is 11.6. The summed E-state index contributed by atoms with van der Waals surface area (Å²) in [7, 11) is 0. The maximum absolute atomic E-state index is 12.1. The van der Waals surface area contributed by atoms with Crippen LogP contribution >= 0.6 is 11.6 Å². The Balaban J connectivity index is 1.78. The highest BCUT2D eigenvalue weighted by molar-refractivity contribution is 6.29. The predicted octanol–water partition coefficient (Wildman–Crippen LogP) is 1.27. The number of carbonyl (C=O) groups is 2. The molecule has 2 aliphatic rings. The van der Waals surface area contributed by atoms with E-state index in [2.05, 4.69) is 10.2 Å². The van der Waals surface area contributed by atoms with Gasteiger partial charge in [-0.05, 0) is 17.5 Å². The normalized spacial score (nSPS) is 28.5. The first-order valence-electron chi connectivity index (χ1n) is 5.76. The third-order valence-electron chi connectivity index (χ3n) is 3.90. The van der Waals surface area contributed by atoms with Crippen LogP contribution in [-0.2, 0) is 16.1 Å². The van der Waals surface area contributed by atoms with E-state index in [1.54, 1.807) is 12.1 Å². The topological polar surface area (TPSA) is 63.2 Å². The quantitative estimate of drug-likeness (QED) is 0.756. The van der Waals surface area contributed by atoms with Gasteiger partial charge in [0.15, 0.2) is 5.15 Å². The molecule has 2 fully saturated rings. The second-order valence-electron chi connectivity index (χ2n) is 5.39. The first-order valence-corrected chi connectivity index (χ1v) is 6.14. The van der Waals surface area contributed by atoms with Crippen LogP contribution in [0.3, 0.4) is 0 Å². The molecule has 1 aromatic heterocycles. The molecule has 0 bridgehead atoms. The Labute approximate surface area is 109 Å². The van der Waals surface area contributed by atoms with Crippen LogP contribution in [0.5, 0.6) is 0 Å². The summed E-state index contributed by atoms with van der Waals surface area (Å²) in [6.45, 7) is 4.10. The van der Waals surface area contributed by atoms with Gasteiger partial charge in [0, 0.05) is 0 Å². The fraction of sp³-hybridized carbons (Fsp3) is 0.500. The summed E-state index contributed by atoms with van der Waals surface area (Å²) in [6.07, 6.45) is 0. The maximum Gasteiger partial charge on any atom is 0.234 e. The van der Waals surface area contributed by atoms with Gasteiger partial charge in [-0.1, -0.05) is 25.4 Å². The highest BCUT2D eigenvalue weighted by Crippen LogP contribution is 2.63. The van der Waals surface area contributed by atoms with E-state index < -0.39 is 0 Å². The number of rotatable bonds is 2. The van der Waals surface area contributed by atoms with Gasteiger partial charge < -0.3 is 0 Å². The van der Waals surface area contributed by atoms with Crippen molar-refractivity contribution in [2.75, 3.05) is 0 Å². The Hall–Kier alpha value is -1.49. The van der Waals surface area contributed by atoms with Crippen LogP contribution in [0.1, 0.15) is 19.5 Å². The Morgan fingerprint density at radius 1 is 1.22 bits per heavy atom. The molecule has 0 aromatic carbocycles. The van der Waals surface area contributed by atoms with Gasteiger partial charge in [-0.3, -0.25) is 14.5 Å². The summed E-state index contributed by atoms with van der Waals surface area (Å²) in [5, 5.41) is 7.85. The van der Waals surface area contributed by atoms with E-state index in [-0.39, 0.29) is 35.6 Å². The molecule has 1 saturated heterocycles. The zero-order valence-electron chi connectivity index (χ0n) is 10.1. The number of fused-ring (bicyclic) bond motifs is 1. The number of nitrogens with zero attached hydrogens (tertiary/aromatic N) is 3. The number of amides is 2. The molecule has 1 aliphatic carbocycles. The zero-order chi connectivity index (χ0) is 13.1. The van der Waals surface area contributed by atoms with Crippen LogP contribution in [0.4, 0.5) is 0 Å². The minimum atomic E-state index is -0.170. The number of hydrogen-bond acceptors (Lipinski definition) is 4. The molecule has 1 saturated carbocycles. The lowest BCUT2D eigenvalue weighted by Gasteiger charge is -2.19. The Bertz CT molecular complexity index is 517. The van der Waals surface area contributed by atoms with Crippen LogP contribution in [0.2, 0.25) is 5.15 Å². The van der Waals surface area contributed by atoms with E-state index in [0.29, 0.717) is 10.8 Å². The Morgan fingerprint density at radius 2 is 1.83 bits per heavy atom. The summed E-state index contributed by atoms with van der Waals surface area (Å²) in [5.74, 6) is -0.478. The number of likely N-dealkylation sites (tertiary alicyclic amines) is 1. The molecule has 2 atom stereocenters. The van der Waals surface area contributed by atoms with Crippen molar-refractivity contribution in [3.05, 3.63) is 23.0 Å². The van der Waals surface area contributed by atoms with E-state index in [4.69, 9.17) is 11.6 Å². The molecule has 18 heavy (non-hydrogen) atoms. The Morgan fingerprint density at radius 3 is 2.33 bits per heavy atom. The molecule has 2 unspecified atom stereocenters. The lowest BCUT2D eigenvalue weighted by molar-refractivity contribution is -0.143. The predicted molar refractivity (Wildman–Crippen MR) is 63.4 cm³/mol. The number of halogens is 1. The average molecular weight is 266 g/mol. The molecule has 94 valence electrons. The van der Waals surface area contributed by atoms with Gasteiger partial charge in [0.05, 0.1) is 24.1 Å². The van der Waals surface area contributed by atoms with Gasteiger partial charge in [0.25, 0.3) is 0 Å². The molecule has 1 aromatic rings. The second-order valence-corrected chi connectivity index (χ2v) is 5.77.